The molecule has 0 aromatic heterocycles. The first-order valence-corrected chi connectivity index (χ1v) is 8.40. The Bertz CT molecular complexity index is 634. The first-order chi connectivity index (χ1) is 10.5. The Morgan fingerprint density at radius 2 is 1.77 bits per heavy atom. The largest absolute Gasteiger partial charge is 0.326 e. The molecule has 1 unspecified atom stereocenters. The Labute approximate surface area is 141 Å². The van der Waals surface area contributed by atoms with Crippen molar-refractivity contribution in [1.82, 2.24) is 0 Å². The maximum atomic E-state index is 12.4. The third kappa shape index (κ3) is 4.70. The quantitative estimate of drug-likeness (QED) is 0.761. The van der Waals surface area contributed by atoms with Crippen LogP contribution in [0.4, 0.5) is 5.69 Å². The number of hydrogen-bond donors (Lipinski definition) is 1. The van der Waals surface area contributed by atoms with E-state index in [1.165, 1.54) is 5.56 Å². The summed E-state index contributed by atoms with van der Waals surface area (Å²) in [6.45, 7) is 6.36. The second-order valence-electron chi connectivity index (χ2n) is 6.06. The van der Waals surface area contributed by atoms with Crippen LogP contribution in [-0.2, 0) is 11.2 Å². The smallest absolute Gasteiger partial charge is 0.231 e. The molecule has 22 heavy (non-hydrogen) atoms. The van der Waals surface area contributed by atoms with Gasteiger partial charge in [0, 0.05) is 10.2 Å². The van der Waals surface area contributed by atoms with Gasteiger partial charge in [0.2, 0.25) is 5.91 Å². The van der Waals surface area contributed by atoms with Crippen molar-refractivity contribution < 1.29 is 4.79 Å². The van der Waals surface area contributed by atoms with Gasteiger partial charge in [-0.1, -0.05) is 60.1 Å². The normalized spacial score (nSPS) is 12.2. The molecule has 3 heteroatoms. The molecule has 0 bridgehead atoms. The number of carbonyl (C=O) groups is 1. The molecule has 0 spiro atoms. The number of benzene rings is 2. The zero-order chi connectivity index (χ0) is 16.1. The van der Waals surface area contributed by atoms with Gasteiger partial charge in [-0.2, -0.15) is 0 Å². The van der Waals surface area contributed by atoms with Crippen LogP contribution in [0.3, 0.4) is 0 Å². The van der Waals surface area contributed by atoms with Crippen LogP contribution in [0.5, 0.6) is 0 Å². The molecule has 0 aliphatic carbocycles. The minimum Gasteiger partial charge on any atom is -0.326 e. The van der Waals surface area contributed by atoms with Gasteiger partial charge in [-0.15, -0.1) is 0 Å². The molecule has 116 valence electrons. The number of nitrogens with one attached hydrogen (secondary N) is 1. The molecule has 0 aliphatic heterocycles. The third-order valence-corrected chi connectivity index (χ3v) is 4.10. The van der Waals surface area contributed by atoms with Gasteiger partial charge in [0.1, 0.15) is 0 Å². The number of anilines is 1. The SMILES string of the molecule is CC(C)Cc1ccc(C(C)C(=O)Nc2cccc(Br)c2)cc1. The second-order valence-corrected chi connectivity index (χ2v) is 6.98. The van der Waals surface area contributed by atoms with Crippen LogP contribution in [-0.4, -0.2) is 5.91 Å². The van der Waals surface area contributed by atoms with Gasteiger partial charge in [0.15, 0.2) is 0 Å². The van der Waals surface area contributed by atoms with Gasteiger partial charge in [-0.25, -0.2) is 0 Å². The molecule has 0 heterocycles. The lowest BCUT2D eigenvalue weighted by molar-refractivity contribution is -0.117. The molecule has 2 nitrogen and oxygen atoms in total. The molecule has 2 rings (SSSR count). The fourth-order valence-electron chi connectivity index (χ4n) is 2.38. The summed E-state index contributed by atoms with van der Waals surface area (Å²) in [4.78, 5) is 12.4. The standard InChI is InChI=1S/C19H22BrNO/c1-13(2)11-15-7-9-16(10-8-15)14(3)19(22)21-18-6-4-5-17(20)12-18/h4-10,12-14H,11H2,1-3H3,(H,21,22). The summed E-state index contributed by atoms with van der Waals surface area (Å²) < 4.78 is 0.955. The van der Waals surface area contributed by atoms with Crippen LogP contribution in [0.2, 0.25) is 0 Å². The van der Waals surface area contributed by atoms with Crippen molar-refractivity contribution in [1.29, 1.82) is 0 Å². The van der Waals surface area contributed by atoms with Crippen molar-refractivity contribution in [3.8, 4) is 0 Å². The van der Waals surface area contributed by atoms with Gasteiger partial charge in [-0.3, -0.25) is 4.79 Å². The van der Waals surface area contributed by atoms with E-state index in [0.29, 0.717) is 5.92 Å². The average Bonchev–Trinajstić information content (AvgIpc) is 2.46. The average molecular weight is 360 g/mol. The van der Waals surface area contributed by atoms with E-state index in [1.54, 1.807) is 0 Å². The minimum absolute atomic E-state index is 0.00899. The van der Waals surface area contributed by atoms with Crippen molar-refractivity contribution in [3.63, 3.8) is 0 Å². The predicted molar refractivity (Wildman–Crippen MR) is 96.2 cm³/mol. The van der Waals surface area contributed by atoms with E-state index in [2.05, 4.69) is 59.4 Å². The fourth-order valence-corrected chi connectivity index (χ4v) is 2.78. The summed E-state index contributed by atoms with van der Waals surface area (Å²) in [5.41, 5.74) is 3.17. The van der Waals surface area contributed by atoms with E-state index in [0.717, 1.165) is 22.1 Å². The molecule has 1 atom stereocenters. The van der Waals surface area contributed by atoms with Crippen LogP contribution in [0.25, 0.3) is 0 Å². The Kier molecular flexibility index (Phi) is 5.78. The molecule has 0 saturated carbocycles. The Morgan fingerprint density at radius 3 is 2.36 bits per heavy atom. The Hall–Kier alpha value is -1.61. The van der Waals surface area contributed by atoms with Gasteiger partial charge in [0.05, 0.1) is 5.92 Å². The minimum atomic E-state index is -0.174. The van der Waals surface area contributed by atoms with Crippen molar-refractivity contribution in [2.24, 2.45) is 5.92 Å². The van der Waals surface area contributed by atoms with E-state index in [4.69, 9.17) is 0 Å². The van der Waals surface area contributed by atoms with Crippen LogP contribution >= 0.6 is 15.9 Å². The summed E-state index contributed by atoms with van der Waals surface area (Å²) in [7, 11) is 0. The third-order valence-electron chi connectivity index (χ3n) is 3.61. The van der Waals surface area contributed by atoms with Gasteiger partial charge < -0.3 is 5.32 Å². The van der Waals surface area contributed by atoms with Gasteiger partial charge in [-0.05, 0) is 48.6 Å². The highest BCUT2D eigenvalue weighted by molar-refractivity contribution is 9.10. The topological polar surface area (TPSA) is 29.1 Å². The summed E-state index contributed by atoms with van der Waals surface area (Å²) in [5.74, 6) is 0.477. The van der Waals surface area contributed by atoms with Gasteiger partial charge >= 0.3 is 0 Å². The zero-order valence-corrected chi connectivity index (χ0v) is 14.9. The van der Waals surface area contributed by atoms with E-state index in [9.17, 15) is 4.79 Å². The maximum Gasteiger partial charge on any atom is 0.231 e. The van der Waals surface area contributed by atoms with E-state index in [-0.39, 0.29) is 11.8 Å². The van der Waals surface area contributed by atoms with Crippen LogP contribution in [0.1, 0.15) is 37.8 Å². The lowest BCUT2D eigenvalue weighted by Gasteiger charge is -2.14. The number of carbonyl (C=O) groups excluding carboxylic acids is 1. The van der Waals surface area contributed by atoms with Crippen molar-refractivity contribution >= 4 is 27.5 Å². The maximum absolute atomic E-state index is 12.4. The first kappa shape index (κ1) is 16.8. The molecule has 0 radical (unpaired) electrons. The highest BCUT2D eigenvalue weighted by atomic mass is 79.9. The number of rotatable bonds is 5. The Morgan fingerprint density at radius 1 is 1.09 bits per heavy atom. The summed E-state index contributed by atoms with van der Waals surface area (Å²) in [6, 6.07) is 16.0. The van der Waals surface area contributed by atoms with E-state index >= 15 is 0 Å². The molecule has 2 aromatic carbocycles. The van der Waals surface area contributed by atoms with E-state index < -0.39 is 0 Å². The Balaban J connectivity index is 2.03. The highest BCUT2D eigenvalue weighted by Crippen LogP contribution is 2.21. The predicted octanol–water partition coefficient (Wildman–Crippen LogP) is 5.39. The molecule has 1 N–H and O–H groups in total. The monoisotopic (exact) mass is 359 g/mol. The molecule has 1 amide bonds. The molecule has 0 fully saturated rings. The number of amides is 1. The van der Waals surface area contributed by atoms with Crippen LogP contribution in [0, 0.1) is 5.92 Å². The second kappa shape index (κ2) is 7.59. The van der Waals surface area contributed by atoms with Crippen molar-refractivity contribution in [2.45, 2.75) is 33.1 Å². The molecule has 0 saturated heterocycles. The molecular weight excluding hydrogens is 338 g/mol. The van der Waals surface area contributed by atoms with Crippen molar-refractivity contribution in [2.75, 3.05) is 5.32 Å². The summed E-state index contributed by atoms with van der Waals surface area (Å²) in [6.07, 6.45) is 1.07. The van der Waals surface area contributed by atoms with Gasteiger partial charge in [0.25, 0.3) is 0 Å². The highest BCUT2D eigenvalue weighted by Gasteiger charge is 2.15. The lowest BCUT2D eigenvalue weighted by atomic mass is 9.96. The molecule has 2 aromatic rings. The summed E-state index contributed by atoms with van der Waals surface area (Å²) in [5, 5.41) is 2.96. The molecular formula is C19H22BrNO. The first-order valence-electron chi connectivity index (χ1n) is 7.61. The number of hydrogen-bond acceptors (Lipinski definition) is 1. The van der Waals surface area contributed by atoms with E-state index in [1.807, 2.05) is 31.2 Å². The zero-order valence-electron chi connectivity index (χ0n) is 13.3. The lowest BCUT2D eigenvalue weighted by Crippen LogP contribution is -2.18. The summed E-state index contributed by atoms with van der Waals surface area (Å²) >= 11 is 3.41. The fraction of sp³-hybridized carbons (Fsp3) is 0.316. The van der Waals surface area contributed by atoms with Crippen LogP contribution < -0.4 is 5.32 Å². The van der Waals surface area contributed by atoms with Crippen LogP contribution in [0.15, 0.2) is 53.0 Å². The molecule has 0 aliphatic rings. The number of halogens is 1. The van der Waals surface area contributed by atoms with Crippen molar-refractivity contribution in [3.05, 3.63) is 64.1 Å².